The van der Waals surface area contributed by atoms with E-state index in [1.165, 1.54) is 60.4 Å². The fourth-order valence-corrected chi connectivity index (χ4v) is 8.32. The number of oxazole rings is 1. The predicted molar refractivity (Wildman–Crippen MR) is 233 cm³/mol. The highest BCUT2D eigenvalue weighted by molar-refractivity contribution is 6.09. The van der Waals surface area contributed by atoms with E-state index in [9.17, 15) is 0 Å². The van der Waals surface area contributed by atoms with Crippen LogP contribution in [0.15, 0.2) is 211 Å². The van der Waals surface area contributed by atoms with Crippen LogP contribution in [-0.2, 0) is 0 Å². The van der Waals surface area contributed by atoms with E-state index in [1.807, 2.05) is 6.07 Å². The second-order valence-electron chi connectivity index (χ2n) is 14.3. The van der Waals surface area contributed by atoms with Crippen LogP contribution in [0.4, 0.5) is 0 Å². The van der Waals surface area contributed by atoms with Gasteiger partial charge in [0.05, 0.1) is 11.0 Å². The normalized spacial score (nSPS) is 11.6. The third-order valence-electron chi connectivity index (χ3n) is 11.1. The molecule has 0 radical (unpaired) electrons. The number of benzene rings is 9. The van der Waals surface area contributed by atoms with Gasteiger partial charge < -0.3 is 8.98 Å². The summed E-state index contributed by atoms with van der Waals surface area (Å²) >= 11 is 0. The quantitative estimate of drug-likeness (QED) is 0.172. The Labute approximate surface area is 324 Å². The van der Waals surface area contributed by atoms with Crippen molar-refractivity contribution in [1.82, 2.24) is 9.55 Å². The fourth-order valence-electron chi connectivity index (χ4n) is 8.32. The Morgan fingerprint density at radius 3 is 1.50 bits per heavy atom. The second kappa shape index (κ2) is 13.1. The molecule has 0 unspecified atom stereocenters. The minimum Gasteiger partial charge on any atom is -0.436 e. The van der Waals surface area contributed by atoms with Gasteiger partial charge in [0.25, 0.3) is 0 Å². The molecule has 0 atom stereocenters. The average molecular weight is 715 g/mol. The van der Waals surface area contributed by atoms with E-state index >= 15 is 0 Å². The highest BCUT2D eigenvalue weighted by Gasteiger charge is 2.16. The van der Waals surface area contributed by atoms with Crippen LogP contribution in [0.1, 0.15) is 0 Å². The van der Waals surface area contributed by atoms with Gasteiger partial charge in [-0.3, -0.25) is 0 Å². The lowest BCUT2D eigenvalue weighted by Crippen LogP contribution is -1.94. The predicted octanol–water partition coefficient (Wildman–Crippen LogP) is 14.4. The molecule has 0 aliphatic heterocycles. The highest BCUT2D eigenvalue weighted by atomic mass is 16.3. The minimum atomic E-state index is 0.616. The van der Waals surface area contributed by atoms with E-state index in [4.69, 9.17) is 9.40 Å². The van der Waals surface area contributed by atoms with Crippen molar-refractivity contribution in [1.29, 1.82) is 0 Å². The Morgan fingerprint density at radius 1 is 0.357 bits per heavy atom. The summed E-state index contributed by atoms with van der Waals surface area (Å²) in [5.41, 5.74) is 15.5. The number of hydrogen-bond acceptors (Lipinski definition) is 2. The van der Waals surface area contributed by atoms with Gasteiger partial charge in [-0.05, 0) is 110 Å². The van der Waals surface area contributed by atoms with Gasteiger partial charge in [-0.15, -0.1) is 0 Å². The van der Waals surface area contributed by atoms with Crippen molar-refractivity contribution in [3.05, 3.63) is 206 Å². The molecule has 0 aliphatic rings. The maximum Gasteiger partial charge on any atom is 0.227 e. The van der Waals surface area contributed by atoms with Crippen molar-refractivity contribution in [2.24, 2.45) is 0 Å². The molecule has 11 rings (SSSR count). The van der Waals surface area contributed by atoms with E-state index in [1.54, 1.807) is 0 Å². The number of nitrogens with zero attached hydrogens (tertiary/aromatic N) is 2. The van der Waals surface area contributed by atoms with Gasteiger partial charge in [-0.1, -0.05) is 152 Å². The Morgan fingerprint density at radius 2 is 0.839 bits per heavy atom. The fraction of sp³-hybridized carbons (Fsp3) is 0. The van der Waals surface area contributed by atoms with E-state index in [0.717, 1.165) is 39.0 Å². The monoisotopic (exact) mass is 714 g/mol. The van der Waals surface area contributed by atoms with Crippen molar-refractivity contribution >= 4 is 43.7 Å². The summed E-state index contributed by atoms with van der Waals surface area (Å²) in [6, 6.07) is 73.5. The lowest BCUT2D eigenvalue weighted by Gasteiger charge is -2.15. The van der Waals surface area contributed by atoms with E-state index in [-0.39, 0.29) is 0 Å². The molecule has 56 heavy (non-hydrogen) atoms. The molecule has 0 fully saturated rings. The van der Waals surface area contributed by atoms with E-state index in [0.29, 0.717) is 5.89 Å². The van der Waals surface area contributed by atoms with Crippen molar-refractivity contribution in [3.8, 4) is 61.6 Å². The largest absolute Gasteiger partial charge is 0.436 e. The van der Waals surface area contributed by atoms with Crippen molar-refractivity contribution in [3.63, 3.8) is 0 Å². The van der Waals surface area contributed by atoms with Crippen LogP contribution in [0.25, 0.3) is 105 Å². The molecule has 0 bridgehead atoms. The Balaban J connectivity index is 0.908. The first-order valence-corrected chi connectivity index (χ1v) is 19.0. The number of rotatable bonds is 6. The maximum absolute atomic E-state index is 6.28. The zero-order valence-electron chi connectivity index (χ0n) is 30.4. The number of fused-ring (bicyclic) bond motifs is 5. The summed E-state index contributed by atoms with van der Waals surface area (Å²) in [4.78, 5) is 4.93. The molecule has 0 spiro atoms. The molecule has 0 aliphatic carbocycles. The number of aromatic nitrogens is 2. The average Bonchev–Trinajstić information content (AvgIpc) is 3.86. The number of hydrogen-bond donors (Lipinski definition) is 0. The summed E-state index contributed by atoms with van der Waals surface area (Å²) in [5, 5.41) is 4.99. The lowest BCUT2D eigenvalue weighted by molar-refractivity contribution is 0.620. The van der Waals surface area contributed by atoms with Gasteiger partial charge in [-0.2, -0.15) is 0 Å². The first-order chi connectivity index (χ1) is 27.7. The molecule has 3 nitrogen and oxygen atoms in total. The smallest absolute Gasteiger partial charge is 0.227 e. The third kappa shape index (κ3) is 5.40. The zero-order chi connectivity index (χ0) is 37.0. The van der Waals surface area contributed by atoms with Crippen molar-refractivity contribution < 1.29 is 4.42 Å². The van der Waals surface area contributed by atoms with E-state index in [2.05, 4.69) is 205 Å². The first kappa shape index (κ1) is 32.0. The van der Waals surface area contributed by atoms with Crippen LogP contribution in [0, 0.1) is 0 Å². The van der Waals surface area contributed by atoms with Gasteiger partial charge in [0, 0.05) is 22.0 Å². The second-order valence-corrected chi connectivity index (χ2v) is 14.3. The summed E-state index contributed by atoms with van der Waals surface area (Å²) in [7, 11) is 0. The molecule has 2 heterocycles. The van der Waals surface area contributed by atoms with Gasteiger partial charge in [0.15, 0.2) is 5.58 Å². The Bertz CT molecular complexity index is 3190. The van der Waals surface area contributed by atoms with Crippen LogP contribution in [0.5, 0.6) is 0 Å². The van der Waals surface area contributed by atoms with Crippen LogP contribution < -0.4 is 0 Å². The molecule has 2 aromatic heterocycles. The first-order valence-electron chi connectivity index (χ1n) is 19.0. The molecule has 0 amide bonds. The molecule has 3 heteroatoms. The van der Waals surface area contributed by atoms with Crippen LogP contribution in [0.2, 0.25) is 0 Å². The van der Waals surface area contributed by atoms with Crippen LogP contribution in [0.3, 0.4) is 0 Å². The molecule has 0 saturated heterocycles. The van der Waals surface area contributed by atoms with E-state index < -0.39 is 0 Å². The molecule has 0 saturated carbocycles. The molecular formula is C53H34N2O. The molecule has 11 aromatic rings. The standard InChI is InChI=1S/C53H34N2O/c1-2-12-39-33-40(26-21-35(39)11-1)41-29-32-52-49(34-41)54-53(56-52)38-24-22-36(23-25-38)43-13-3-5-15-45(43)46-16-6-4-14-44(46)37-27-30-42(31-28-37)55-50-19-9-7-17-47(50)48-18-8-10-20-51(48)55/h1-34H. The Kier molecular flexibility index (Phi) is 7.49. The summed E-state index contributed by atoms with van der Waals surface area (Å²) in [6.45, 7) is 0. The van der Waals surface area contributed by atoms with Crippen LogP contribution in [-0.4, -0.2) is 9.55 Å². The highest BCUT2D eigenvalue weighted by Crippen LogP contribution is 2.40. The van der Waals surface area contributed by atoms with Gasteiger partial charge in [0.1, 0.15) is 5.52 Å². The summed E-state index contributed by atoms with van der Waals surface area (Å²) in [5.74, 6) is 0.616. The maximum atomic E-state index is 6.28. The van der Waals surface area contributed by atoms with Gasteiger partial charge in [0.2, 0.25) is 5.89 Å². The topological polar surface area (TPSA) is 31.0 Å². The van der Waals surface area contributed by atoms with Crippen molar-refractivity contribution in [2.75, 3.05) is 0 Å². The summed E-state index contributed by atoms with van der Waals surface area (Å²) in [6.07, 6.45) is 0. The van der Waals surface area contributed by atoms with Crippen LogP contribution >= 0.6 is 0 Å². The van der Waals surface area contributed by atoms with Gasteiger partial charge in [-0.25, -0.2) is 4.98 Å². The van der Waals surface area contributed by atoms with Crippen molar-refractivity contribution in [2.45, 2.75) is 0 Å². The zero-order valence-corrected chi connectivity index (χ0v) is 30.4. The summed E-state index contributed by atoms with van der Waals surface area (Å²) < 4.78 is 8.64. The molecule has 9 aromatic carbocycles. The molecular weight excluding hydrogens is 681 g/mol. The Hall–Kier alpha value is -7.49. The SMILES string of the molecule is c1ccc(-c2ccccc2-c2ccc(-n3c4ccccc4c4ccccc43)cc2)c(-c2ccc(-c3nc4cc(-c5ccc6ccccc6c5)ccc4o3)cc2)c1. The number of para-hydroxylation sites is 2. The third-order valence-corrected chi connectivity index (χ3v) is 11.1. The minimum absolute atomic E-state index is 0.616. The molecule has 0 N–H and O–H groups in total. The van der Waals surface area contributed by atoms with Gasteiger partial charge >= 0.3 is 0 Å². The lowest BCUT2D eigenvalue weighted by atomic mass is 9.89. The molecule has 262 valence electrons.